The molecular weight excluding hydrogens is 264 g/mol. The number of H-pyrrole nitrogens is 1. The molecule has 0 aliphatic carbocycles. The van der Waals surface area contributed by atoms with Gasteiger partial charge in [0.2, 0.25) is 0 Å². The smallest absolute Gasteiger partial charge is 0.162 e. The summed E-state index contributed by atoms with van der Waals surface area (Å²) in [5.41, 5.74) is 4.37. The summed E-state index contributed by atoms with van der Waals surface area (Å²) < 4.78 is 11.2. The van der Waals surface area contributed by atoms with Crippen molar-refractivity contribution in [3.05, 3.63) is 42.0 Å². The van der Waals surface area contributed by atoms with Crippen LogP contribution in [0.1, 0.15) is 12.5 Å². The van der Waals surface area contributed by atoms with Crippen LogP contribution in [0, 0.1) is 0 Å². The Bertz CT molecular complexity index is 808. The molecular formula is C17H16N2O2. The Kier molecular flexibility index (Phi) is 2.81. The standard InChI is InChI=1S/C17H16N2O2/c1-2-11-3-5-13-14(9-11)19-17(18-13)12-4-6-15-16(10-12)21-8-7-20-15/h3-6,9-10H,2,7-8H2,1H3,(H,18,19). The Balaban J connectivity index is 1.78. The van der Waals surface area contributed by atoms with Crippen molar-refractivity contribution < 1.29 is 9.47 Å². The molecule has 1 aliphatic heterocycles. The third-order valence-corrected chi connectivity index (χ3v) is 3.77. The van der Waals surface area contributed by atoms with Crippen LogP contribution in [0.4, 0.5) is 0 Å². The molecule has 0 saturated carbocycles. The molecule has 0 radical (unpaired) electrons. The number of aryl methyl sites for hydroxylation is 1. The lowest BCUT2D eigenvalue weighted by Gasteiger charge is -2.18. The first-order valence-corrected chi connectivity index (χ1v) is 7.22. The number of aromatic nitrogens is 2. The summed E-state index contributed by atoms with van der Waals surface area (Å²) in [7, 11) is 0. The number of nitrogens with one attached hydrogen (secondary N) is 1. The third-order valence-electron chi connectivity index (χ3n) is 3.77. The molecule has 0 bridgehead atoms. The van der Waals surface area contributed by atoms with Gasteiger partial charge in [-0.05, 0) is 42.3 Å². The fourth-order valence-electron chi connectivity index (χ4n) is 2.60. The summed E-state index contributed by atoms with van der Waals surface area (Å²) in [5, 5.41) is 0. The molecule has 0 atom stereocenters. The van der Waals surface area contributed by atoms with Crippen molar-refractivity contribution in [2.24, 2.45) is 0 Å². The average molecular weight is 280 g/mol. The molecule has 2 heterocycles. The molecule has 0 amide bonds. The summed E-state index contributed by atoms with van der Waals surface area (Å²) in [6.07, 6.45) is 1.02. The molecule has 1 aromatic heterocycles. The summed E-state index contributed by atoms with van der Waals surface area (Å²) in [4.78, 5) is 8.04. The maximum absolute atomic E-state index is 5.63. The highest BCUT2D eigenvalue weighted by Crippen LogP contribution is 2.34. The van der Waals surface area contributed by atoms with Gasteiger partial charge in [-0.3, -0.25) is 0 Å². The summed E-state index contributed by atoms with van der Waals surface area (Å²) >= 11 is 0. The number of hydrogen-bond donors (Lipinski definition) is 1. The number of fused-ring (bicyclic) bond motifs is 2. The number of rotatable bonds is 2. The van der Waals surface area contributed by atoms with Crippen molar-refractivity contribution in [2.75, 3.05) is 13.2 Å². The maximum atomic E-state index is 5.63. The van der Waals surface area contributed by atoms with Crippen LogP contribution in [-0.2, 0) is 6.42 Å². The molecule has 106 valence electrons. The average Bonchev–Trinajstić information content (AvgIpc) is 2.97. The Hall–Kier alpha value is -2.49. The predicted octanol–water partition coefficient (Wildman–Crippen LogP) is 3.56. The second-order valence-electron chi connectivity index (χ2n) is 5.15. The van der Waals surface area contributed by atoms with Gasteiger partial charge in [-0.15, -0.1) is 0 Å². The van der Waals surface area contributed by atoms with E-state index in [0.717, 1.165) is 40.3 Å². The molecule has 0 fully saturated rings. The second-order valence-corrected chi connectivity index (χ2v) is 5.15. The molecule has 4 nitrogen and oxygen atoms in total. The number of benzene rings is 2. The molecule has 4 heteroatoms. The summed E-state index contributed by atoms with van der Waals surface area (Å²) in [5.74, 6) is 2.44. The highest BCUT2D eigenvalue weighted by atomic mass is 16.6. The van der Waals surface area contributed by atoms with E-state index in [1.165, 1.54) is 5.56 Å². The van der Waals surface area contributed by atoms with E-state index >= 15 is 0 Å². The second kappa shape index (κ2) is 4.81. The van der Waals surface area contributed by atoms with Gasteiger partial charge in [-0.1, -0.05) is 13.0 Å². The van der Waals surface area contributed by atoms with E-state index in [1.807, 2.05) is 18.2 Å². The van der Waals surface area contributed by atoms with Crippen LogP contribution in [0.15, 0.2) is 36.4 Å². The molecule has 0 unspecified atom stereocenters. The maximum Gasteiger partial charge on any atom is 0.162 e. The van der Waals surface area contributed by atoms with E-state index < -0.39 is 0 Å². The van der Waals surface area contributed by atoms with Gasteiger partial charge in [0.25, 0.3) is 0 Å². The van der Waals surface area contributed by atoms with Crippen molar-refractivity contribution in [3.63, 3.8) is 0 Å². The van der Waals surface area contributed by atoms with Crippen LogP contribution >= 0.6 is 0 Å². The lowest BCUT2D eigenvalue weighted by atomic mass is 10.1. The molecule has 21 heavy (non-hydrogen) atoms. The molecule has 0 saturated heterocycles. The lowest BCUT2D eigenvalue weighted by molar-refractivity contribution is 0.171. The zero-order valence-corrected chi connectivity index (χ0v) is 11.8. The first-order chi connectivity index (χ1) is 10.3. The van der Waals surface area contributed by atoms with Crippen molar-refractivity contribution >= 4 is 11.0 Å². The van der Waals surface area contributed by atoms with E-state index in [-0.39, 0.29) is 0 Å². The van der Waals surface area contributed by atoms with Crippen LogP contribution in [0.2, 0.25) is 0 Å². The predicted molar refractivity (Wildman–Crippen MR) is 81.9 cm³/mol. The molecule has 1 aliphatic rings. The van der Waals surface area contributed by atoms with Crippen molar-refractivity contribution in [2.45, 2.75) is 13.3 Å². The highest BCUT2D eigenvalue weighted by Gasteiger charge is 2.14. The molecule has 1 N–H and O–H groups in total. The fraction of sp³-hybridized carbons (Fsp3) is 0.235. The third kappa shape index (κ3) is 2.13. The monoisotopic (exact) mass is 280 g/mol. The zero-order chi connectivity index (χ0) is 14.2. The first-order valence-electron chi connectivity index (χ1n) is 7.22. The SMILES string of the molecule is CCc1ccc2nc(-c3ccc4c(c3)OCCO4)[nH]c2c1. The zero-order valence-electron chi connectivity index (χ0n) is 11.8. The summed E-state index contributed by atoms with van der Waals surface area (Å²) in [6, 6.07) is 12.3. The van der Waals surface area contributed by atoms with E-state index in [4.69, 9.17) is 9.47 Å². The first kappa shape index (κ1) is 12.3. The van der Waals surface area contributed by atoms with E-state index in [9.17, 15) is 0 Å². The van der Waals surface area contributed by atoms with E-state index in [1.54, 1.807) is 0 Å². The Morgan fingerprint density at radius 2 is 1.90 bits per heavy atom. The van der Waals surface area contributed by atoms with Crippen LogP contribution in [0.25, 0.3) is 22.4 Å². The molecule has 0 spiro atoms. The van der Waals surface area contributed by atoms with E-state index in [2.05, 4.69) is 35.1 Å². The number of ether oxygens (including phenoxy) is 2. The largest absolute Gasteiger partial charge is 0.486 e. The van der Waals surface area contributed by atoms with Crippen LogP contribution < -0.4 is 9.47 Å². The quantitative estimate of drug-likeness (QED) is 0.780. The molecule has 3 aromatic rings. The van der Waals surface area contributed by atoms with Gasteiger partial charge in [0.1, 0.15) is 19.0 Å². The minimum atomic E-state index is 0.594. The molecule has 2 aromatic carbocycles. The van der Waals surface area contributed by atoms with Crippen LogP contribution in [-0.4, -0.2) is 23.2 Å². The normalized spacial score (nSPS) is 13.6. The van der Waals surface area contributed by atoms with Crippen molar-refractivity contribution in [1.29, 1.82) is 0 Å². The topological polar surface area (TPSA) is 47.1 Å². The minimum absolute atomic E-state index is 0.594. The van der Waals surface area contributed by atoms with Crippen molar-refractivity contribution in [1.82, 2.24) is 9.97 Å². The molecule has 4 rings (SSSR count). The Morgan fingerprint density at radius 3 is 2.76 bits per heavy atom. The number of aromatic amines is 1. The lowest BCUT2D eigenvalue weighted by Crippen LogP contribution is -2.15. The van der Waals surface area contributed by atoms with Gasteiger partial charge in [0.15, 0.2) is 11.5 Å². The van der Waals surface area contributed by atoms with Crippen LogP contribution in [0.3, 0.4) is 0 Å². The van der Waals surface area contributed by atoms with E-state index in [0.29, 0.717) is 13.2 Å². The Labute approximate surface area is 122 Å². The van der Waals surface area contributed by atoms with Crippen LogP contribution in [0.5, 0.6) is 11.5 Å². The highest BCUT2D eigenvalue weighted by molar-refractivity contribution is 5.80. The minimum Gasteiger partial charge on any atom is -0.486 e. The Morgan fingerprint density at radius 1 is 1.05 bits per heavy atom. The summed E-state index contributed by atoms with van der Waals surface area (Å²) in [6.45, 7) is 3.35. The van der Waals surface area contributed by atoms with Gasteiger partial charge in [0, 0.05) is 5.56 Å². The van der Waals surface area contributed by atoms with Gasteiger partial charge in [-0.2, -0.15) is 0 Å². The number of hydrogen-bond acceptors (Lipinski definition) is 3. The fourth-order valence-corrected chi connectivity index (χ4v) is 2.60. The van der Waals surface area contributed by atoms with Gasteiger partial charge in [0.05, 0.1) is 11.0 Å². The van der Waals surface area contributed by atoms with Gasteiger partial charge in [-0.25, -0.2) is 4.98 Å². The number of imidazole rings is 1. The number of nitrogens with zero attached hydrogens (tertiary/aromatic N) is 1. The van der Waals surface area contributed by atoms with Gasteiger partial charge < -0.3 is 14.5 Å². The van der Waals surface area contributed by atoms with Crippen molar-refractivity contribution in [3.8, 4) is 22.9 Å². The van der Waals surface area contributed by atoms with Gasteiger partial charge >= 0.3 is 0 Å².